The summed E-state index contributed by atoms with van der Waals surface area (Å²) in [4.78, 5) is 13.5. The molecule has 1 atom stereocenters. The van der Waals surface area contributed by atoms with Crippen molar-refractivity contribution in [3.05, 3.63) is 60.7 Å². The first-order valence-corrected chi connectivity index (χ1v) is 8.61. The van der Waals surface area contributed by atoms with Crippen molar-refractivity contribution in [2.24, 2.45) is 7.05 Å². The number of hydrogen-bond donors (Lipinski definition) is 0. The Morgan fingerprint density at radius 1 is 1.07 bits per heavy atom. The van der Waals surface area contributed by atoms with E-state index in [2.05, 4.69) is 50.5 Å². The van der Waals surface area contributed by atoms with E-state index < -0.39 is 0 Å². The van der Waals surface area contributed by atoms with E-state index in [-0.39, 0.29) is 6.04 Å². The standard InChI is InChI=1S/C19H16N8/c1-12(13-5-6-16-14(8-13)4-3-7-20-16)27-19-18(24-25-27)21-10-17(23-19)15-9-22-26(2)11-15/h3-12H,1-2H3. The first kappa shape index (κ1) is 15.6. The normalized spacial score (nSPS) is 12.7. The maximum absolute atomic E-state index is 4.74. The molecule has 0 amide bonds. The zero-order valence-corrected chi connectivity index (χ0v) is 14.9. The quantitative estimate of drug-likeness (QED) is 0.494. The second-order valence-electron chi connectivity index (χ2n) is 6.47. The Bertz CT molecular complexity index is 1270. The maximum Gasteiger partial charge on any atom is 0.221 e. The van der Waals surface area contributed by atoms with Crippen LogP contribution in [-0.4, -0.2) is 39.7 Å². The second-order valence-corrected chi connectivity index (χ2v) is 6.47. The molecule has 27 heavy (non-hydrogen) atoms. The Labute approximate surface area is 154 Å². The average molecular weight is 356 g/mol. The van der Waals surface area contributed by atoms with Gasteiger partial charge in [-0.15, -0.1) is 5.10 Å². The summed E-state index contributed by atoms with van der Waals surface area (Å²) < 4.78 is 3.54. The van der Waals surface area contributed by atoms with Crippen molar-refractivity contribution in [1.82, 2.24) is 39.7 Å². The molecule has 0 fully saturated rings. The number of nitrogens with zero attached hydrogens (tertiary/aromatic N) is 8. The molecule has 8 heteroatoms. The molecule has 132 valence electrons. The van der Waals surface area contributed by atoms with Gasteiger partial charge in [0.15, 0.2) is 5.65 Å². The van der Waals surface area contributed by atoms with E-state index in [1.165, 1.54) is 0 Å². The Kier molecular flexibility index (Phi) is 3.43. The molecule has 0 N–H and O–H groups in total. The minimum absolute atomic E-state index is 0.0435. The first-order chi connectivity index (χ1) is 13.2. The molecule has 0 aliphatic carbocycles. The number of benzene rings is 1. The monoisotopic (exact) mass is 356 g/mol. The third-order valence-electron chi connectivity index (χ3n) is 4.67. The number of aryl methyl sites for hydroxylation is 1. The largest absolute Gasteiger partial charge is 0.275 e. The molecule has 8 nitrogen and oxygen atoms in total. The SMILES string of the molecule is CC(c1ccc2ncccc2c1)n1nnc2ncc(-c3cnn(C)c3)nc21. The van der Waals surface area contributed by atoms with Gasteiger partial charge in [-0.2, -0.15) is 5.10 Å². The zero-order valence-electron chi connectivity index (χ0n) is 14.9. The molecule has 1 aromatic carbocycles. The van der Waals surface area contributed by atoms with Gasteiger partial charge in [-0.3, -0.25) is 9.67 Å². The molecule has 0 aliphatic heterocycles. The fraction of sp³-hybridized carbons (Fsp3) is 0.158. The molecule has 0 saturated carbocycles. The lowest BCUT2D eigenvalue weighted by atomic mass is 10.1. The number of aromatic nitrogens is 8. The van der Waals surface area contributed by atoms with Crippen molar-refractivity contribution in [1.29, 1.82) is 0 Å². The predicted octanol–water partition coefficient (Wildman–Crippen LogP) is 2.78. The van der Waals surface area contributed by atoms with Crippen LogP contribution in [0.4, 0.5) is 0 Å². The lowest BCUT2D eigenvalue weighted by Crippen LogP contribution is -2.09. The highest BCUT2D eigenvalue weighted by Crippen LogP contribution is 2.24. The topological polar surface area (TPSA) is 87.2 Å². The third kappa shape index (κ3) is 2.62. The van der Waals surface area contributed by atoms with E-state index in [0.717, 1.165) is 27.7 Å². The molecule has 0 radical (unpaired) electrons. The summed E-state index contributed by atoms with van der Waals surface area (Å²) in [5, 5.41) is 13.8. The smallest absolute Gasteiger partial charge is 0.221 e. The highest BCUT2D eigenvalue weighted by atomic mass is 15.5. The average Bonchev–Trinajstić information content (AvgIpc) is 3.32. The summed E-state index contributed by atoms with van der Waals surface area (Å²) >= 11 is 0. The van der Waals surface area contributed by atoms with Gasteiger partial charge in [0.05, 0.1) is 29.6 Å². The number of pyridine rings is 1. The fourth-order valence-electron chi connectivity index (χ4n) is 3.18. The van der Waals surface area contributed by atoms with Gasteiger partial charge in [0, 0.05) is 30.4 Å². The summed E-state index contributed by atoms with van der Waals surface area (Å²) in [5.74, 6) is 0. The second kappa shape index (κ2) is 5.94. The molecule has 4 aromatic heterocycles. The summed E-state index contributed by atoms with van der Waals surface area (Å²) in [6.45, 7) is 2.07. The third-order valence-corrected chi connectivity index (χ3v) is 4.67. The van der Waals surface area contributed by atoms with Crippen molar-refractivity contribution >= 4 is 22.2 Å². The van der Waals surface area contributed by atoms with Gasteiger partial charge in [0.25, 0.3) is 0 Å². The van der Waals surface area contributed by atoms with Crippen LogP contribution in [-0.2, 0) is 7.05 Å². The molecule has 0 aliphatic rings. The Morgan fingerprint density at radius 2 is 2.00 bits per heavy atom. The van der Waals surface area contributed by atoms with Crippen LogP contribution in [0.1, 0.15) is 18.5 Å². The molecular weight excluding hydrogens is 340 g/mol. The Balaban J connectivity index is 1.60. The van der Waals surface area contributed by atoms with Crippen molar-refractivity contribution in [2.75, 3.05) is 0 Å². The van der Waals surface area contributed by atoms with Crippen LogP contribution in [0.15, 0.2) is 55.1 Å². The summed E-state index contributed by atoms with van der Waals surface area (Å²) in [7, 11) is 1.87. The zero-order chi connectivity index (χ0) is 18.4. The molecule has 0 saturated heterocycles. The highest BCUT2D eigenvalue weighted by molar-refractivity contribution is 5.79. The van der Waals surface area contributed by atoms with Gasteiger partial charge in [0.2, 0.25) is 5.65 Å². The van der Waals surface area contributed by atoms with Crippen LogP contribution in [0.25, 0.3) is 33.5 Å². The van der Waals surface area contributed by atoms with Crippen LogP contribution in [0, 0.1) is 0 Å². The van der Waals surface area contributed by atoms with Crippen molar-refractivity contribution in [3.8, 4) is 11.3 Å². The minimum atomic E-state index is -0.0435. The van der Waals surface area contributed by atoms with Crippen LogP contribution in [0.5, 0.6) is 0 Å². The van der Waals surface area contributed by atoms with Gasteiger partial charge in [-0.1, -0.05) is 17.3 Å². The summed E-state index contributed by atoms with van der Waals surface area (Å²) in [6, 6.07) is 10.2. The van der Waals surface area contributed by atoms with Crippen LogP contribution < -0.4 is 0 Å². The lowest BCUT2D eigenvalue weighted by molar-refractivity contribution is 0.556. The Hall–Kier alpha value is -3.68. The van der Waals surface area contributed by atoms with Crippen molar-refractivity contribution < 1.29 is 0 Å². The van der Waals surface area contributed by atoms with Gasteiger partial charge >= 0.3 is 0 Å². The van der Waals surface area contributed by atoms with Gasteiger partial charge in [-0.05, 0) is 30.7 Å². The van der Waals surface area contributed by atoms with Crippen LogP contribution in [0.3, 0.4) is 0 Å². The number of rotatable bonds is 3. The van der Waals surface area contributed by atoms with E-state index in [1.807, 2.05) is 25.4 Å². The molecule has 0 spiro atoms. The molecule has 5 rings (SSSR count). The van der Waals surface area contributed by atoms with Gasteiger partial charge in [-0.25, -0.2) is 14.6 Å². The van der Waals surface area contributed by atoms with Crippen molar-refractivity contribution in [3.63, 3.8) is 0 Å². The van der Waals surface area contributed by atoms with Crippen LogP contribution >= 0.6 is 0 Å². The van der Waals surface area contributed by atoms with E-state index in [4.69, 9.17) is 4.98 Å². The van der Waals surface area contributed by atoms with E-state index in [1.54, 1.807) is 28.0 Å². The summed E-state index contributed by atoms with van der Waals surface area (Å²) in [6.07, 6.45) is 7.17. The lowest BCUT2D eigenvalue weighted by Gasteiger charge is -2.13. The molecular formula is C19H16N8. The Morgan fingerprint density at radius 3 is 2.85 bits per heavy atom. The maximum atomic E-state index is 4.74. The van der Waals surface area contributed by atoms with Gasteiger partial charge in [0.1, 0.15) is 0 Å². The fourth-order valence-corrected chi connectivity index (χ4v) is 3.18. The number of fused-ring (bicyclic) bond motifs is 2. The highest BCUT2D eigenvalue weighted by Gasteiger charge is 2.17. The van der Waals surface area contributed by atoms with Crippen LogP contribution in [0.2, 0.25) is 0 Å². The molecule has 0 bridgehead atoms. The first-order valence-electron chi connectivity index (χ1n) is 8.61. The molecule has 1 unspecified atom stereocenters. The molecule has 5 aromatic rings. The van der Waals surface area contributed by atoms with E-state index >= 15 is 0 Å². The molecule has 4 heterocycles. The number of hydrogen-bond acceptors (Lipinski definition) is 6. The van der Waals surface area contributed by atoms with E-state index in [9.17, 15) is 0 Å². The summed E-state index contributed by atoms with van der Waals surface area (Å²) in [5.41, 5.74) is 4.90. The van der Waals surface area contributed by atoms with E-state index in [0.29, 0.717) is 11.3 Å². The van der Waals surface area contributed by atoms with Crippen molar-refractivity contribution in [2.45, 2.75) is 13.0 Å². The van der Waals surface area contributed by atoms with Gasteiger partial charge < -0.3 is 0 Å². The minimum Gasteiger partial charge on any atom is -0.275 e. The predicted molar refractivity (Wildman–Crippen MR) is 101 cm³/mol.